The van der Waals surface area contributed by atoms with E-state index in [0.717, 1.165) is 15.4 Å². The number of aromatic nitrogens is 1. The molecule has 0 aliphatic rings. The van der Waals surface area contributed by atoms with Crippen molar-refractivity contribution in [3.05, 3.63) is 28.7 Å². The zero-order chi connectivity index (χ0) is 11.0. The minimum atomic E-state index is -0.306. The maximum Gasteiger partial charge on any atom is 0.309 e. The number of fused-ring (bicyclic) bond motifs is 1. The van der Waals surface area contributed by atoms with Gasteiger partial charge in [0.2, 0.25) is 5.88 Å². The first-order chi connectivity index (χ1) is 7.08. The topological polar surface area (TPSA) is 31.2 Å². The van der Waals surface area contributed by atoms with E-state index in [2.05, 4.69) is 15.9 Å². The van der Waals surface area contributed by atoms with Crippen molar-refractivity contribution in [3.63, 3.8) is 0 Å². The van der Waals surface area contributed by atoms with Crippen LogP contribution in [0.4, 0.5) is 0 Å². The molecule has 78 valence electrons. The number of carbonyl (C=O) groups excluding carboxylic acids is 1. The highest BCUT2D eigenvalue weighted by molar-refractivity contribution is 9.10. The van der Waals surface area contributed by atoms with Crippen LogP contribution in [0.5, 0.6) is 5.88 Å². The van der Waals surface area contributed by atoms with Crippen LogP contribution in [0.15, 0.2) is 28.7 Å². The number of rotatable bonds is 1. The molecule has 0 bridgehead atoms. The summed E-state index contributed by atoms with van der Waals surface area (Å²) >= 11 is 3.40. The lowest BCUT2D eigenvalue weighted by atomic mass is 10.2. The largest absolute Gasteiger partial charge is 0.409 e. The molecular weight excluding hydrogens is 258 g/mol. The van der Waals surface area contributed by atoms with Gasteiger partial charge in [-0.15, -0.1) is 0 Å². The molecule has 1 heterocycles. The van der Waals surface area contributed by atoms with Gasteiger partial charge in [-0.2, -0.15) is 0 Å². The Morgan fingerprint density at radius 3 is 2.80 bits per heavy atom. The van der Waals surface area contributed by atoms with Crippen LogP contribution in [0.25, 0.3) is 10.9 Å². The van der Waals surface area contributed by atoms with Crippen molar-refractivity contribution < 1.29 is 9.53 Å². The van der Waals surface area contributed by atoms with Crippen LogP contribution in [0.1, 0.15) is 6.92 Å². The Morgan fingerprint density at radius 2 is 2.13 bits per heavy atom. The molecular formula is C11H10BrNO2. The van der Waals surface area contributed by atoms with Gasteiger partial charge in [0, 0.05) is 29.9 Å². The maximum absolute atomic E-state index is 10.9. The van der Waals surface area contributed by atoms with Crippen molar-refractivity contribution in [2.75, 3.05) is 0 Å². The Balaban J connectivity index is 2.58. The number of hydrogen-bond acceptors (Lipinski definition) is 2. The Morgan fingerprint density at radius 1 is 1.40 bits per heavy atom. The lowest BCUT2D eigenvalue weighted by Gasteiger charge is -2.02. The quantitative estimate of drug-likeness (QED) is 0.745. The summed E-state index contributed by atoms with van der Waals surface area (Å²) in [7, 11) is 1.87. The van der Waals surface area contributed by atoms with Gasteiger partial charge in [0.05, 0.1) is 5.52 Å². The summed E-state index contributed by atoms with van der Waals surface area (Å²) in [6.07, 6.45) is 0. The first kappa shape index (κ1) is 10.2. The van der Waals surface area contributed by atoms with E-state index in [9.17, 15) is 4.79 Å². The van der Waals surface area contributed by atoms with E-state index in [1.54, 1.807) is 0 Å². The average Bonchev–Trinajstić information content (AvgIpc) is 2.42. The van der Waals surface area contributed by atoms with Crippen molar-refractivity contribution in [2.45, 2.75) is 6.92 Å². The van der Waals surface area contributed by atoms with Gasteiger partial charge in [0.15, 0.2) is 0 Å². The Bertz CT molecular complexity index is 531. The van der Waals surface area contributed by atoms with E-state index >= 15 is 0 Å². The maximum atomic E-state index is 10.9. The van der Waals surface area contributed by atoms with Crippen molar-refractivity contribution >= 4 is 32.8 Å². The summed E-state index contributed by atoms with van der Waals surface area (Å²) in [6, 6.07) is 7.77. The van der Waals surface area contributed by atoms with Gasteiger partial charge in [0.25, 0.3) is 0 Å². The predicted octanol–water partition coefficient (Wildman–Crippen LogP) is 2.87. The standard InChI is InChI=1S/C11H10BrNO2/c1-7(14)15-11-6-8-5-9(12)3-4-10(8)13(11)2/h3-6H,1-2H3. The van der Waals surface area contributed by atoms with E-state index in [1.165, 1.54) is 6.92 Å². The summed E-state index contributed by atoms with van der Waals surface area (Å²) in [4.78, 5) is 10.9. The first-order valence-corrected chi connectivity index (χ1v) is 5.30. The van der Waals surface area contributed by atoms with E-state index in [1.807, 2.05) is 35.9 Å². The Labute approximate surface area is 95.8 Å². The molecule has 0 amide bonds. The Kier molecular flexibility index (Phi) is 2.52. The number of aryl methyl sites for hydroxylation is 1. The summed E-state index contributed by atoms with van der Waals surface area (Å²) < 4.78 is 7.94. The molecule has 0 N–H and O–H groups in total. The molecule has 0 aliphatic heterocycles. The van der Waals surface area contributed by atoms with Gasteiger partial charge in [0.1, 0.15) is 0 Å². The number of halogens is 1. The minimum Gasteiger partial charge on any atom is -0.409 e. The van der Waals surface area contributed by atoms with Crippen LogP contribution in [-0.2, 0) is 11.8 Å². The smallest absolute Gasteiger partial charge is 0.309 e. The molecule has 0 saturated heterocycles. The summed E-state index contributed by atoms with van der Waals surface area (Å²) in [5, 5.41) is 1.04. The second-order valence-corrected chi connectivity index (χ2v) is 4.25. The third kappa shape index (κ3) is 1.90. The highest BCUT2D eigenvalue weighted by atomic mass is 79.9. The second-order valence-electron chi connectivity index (χ2n) is 3.34. The van der Waals surface area contributed by atoms with Gasteiger partial charge in [-0.25, -0.2) is 0 Å². The molecule has 1 aromatic heterocycles. The lowest BCUT2D eigenvalue weighted by Crippen LogP contribution is -2.04. The fourth-order valence-electron chi connectivity index (χ4n) is 1.54. The Hall–Kier alpha value is -1.29. The molecule has 0 spiro atoms. The minimum absolute atomic E-state index is 0.306. The third-order valence-electron chi connectivity index (χ3n) is 2.21. The normalized spacial score (nSPS) is 10.6. The average molecular weight is 268 g/mol. The lowest BCUT2D eigenvalue weighted by molar-refractivity contribution is -0.132. The molecule has 2 rings (SSSR count). The predicted molar refractivity (Wildman–Crippen MR) is 61.9 cm³/mol. The van der Waals surface area contributed by atoms with Crippen LogP contribution in [0.3, 0.4) is 0 Å². The van der Waals surface area contributed by atoms with Crippen LogP contribution in [0.2, 0.25) is 0 Å². The zero-order valence-electron chi connectivity index (χ0n) is 8.45. The summed E-state index contributed by atoms with van der Waals surface area (Å²) in [6.45, 7) is 1.40. The molecule has 1 aromatic carbocycles. The molecule has 4 heteroatoms. The molecule has 0 atom stereocenters. The fraction of sp³-hybridized carbons (Fsp3) is 0.182. The molecule has 0 saturated carbocycles. The van der Waals surface area contributed by atoms with E-state index in [-0.39, 0.29) is 5.97 Å². The zero-order valence-corrected chi connectivity index (χ0v) is 10.0. The summed E-state index contributed by atoms with van der Waals surface area (Å²) in [5.74, 6) is 0.260. The van der Waals surface area contributed by atoms with Gasteiger partial charge in [-0.1, -0.05) is 15.9 Å². The SMILES string of the molecule is CC(=O)Oc1cc2cc(Br)ccc2n1C. The third-order valence-corrected chi connectivity index (χ3v) is 2.70. The number of hydrogen-bond donors (Lipinski definition) is 0. The molecule has 2 aromatic rings. The van der Waals surface area contributed by atoms with E-state index in [4.69, 9.17) is 4.74 Å². The van der Waals surface area contributed by atoms with Gasteiger partial charge < -0.3 is 9.30 Å². The van der Waals surface area contributed by atoms with Crippen LogP contribution in [0, 0.1) is 0 Å². The fourth-order valence-corrected chi connectivity index (χ4v) is 1.92. The number of carbonyl (C=O) groups is 1. The van der Waals surface area contributed by atoms with Gasteiger partial charge >= 0.3 is 5.97 Å². The van der Waals surface area contributed by atoms with Crippen LogP contribution < -0.4 is 4.74 Å². The second kappa shape index (κ2) is 3.70. The highest BCUT2D eigenvalue weighted by Gasteiger charge is 2.08. The van der Waals surface area contributed by atoms with Crippen molar-refractivity contribution in [1.29, 1.82) is 0 Å². The van der Waals surface area contributed by atoms with E-state index in [0.29, 0.717) is 5.88 Å². The number of nitrogens with zero attached hydrogens (tertiary/aromatic N) is 1. The monoisotopic (exact) mass is 267 g/mol. The van der Waals surface area contributed by atoms with Crippen molar-refractivity contribution in [3.8, 4) is 5.88 Å². The molecule has 0 unspecified atom stereocenters. The molecule has 15 heavy (non-hydrogen) atoms. The molecule has 0 radical (unpaired) electrons. The number of esters is 1. The van der Waals surface area contributed by atoms with E-state index < -0.39 is 0 Å². The van der Waals surface area contributed by atoms with Crippen molar-refractivity contribution in [1.82, 2.24) is 4.57 Å². The van der Waals surface area contributed by atoms with Crippen LogP contribution >= 0.6 is 15.9 Å². The van der Waals surface area contributed by atoms with Gasteiger partial charge in [-0.05, 0) is 18.2 Å². The molecule has 3 nitrogen and oxygen atoms in total. The van der Waals surface area contributed by atoms with Gasteiger partial charge in [-0.3, -0.25) is 4.79 Å². The number of benzene rings is 1. The first-order valence-electron chi connectivity index (χ1n) is 4.51. The van der Waals surface area contributed by atoms with Crippen molar-refractivity contribution in [2.24, 2.45) is 7.05 Å². The summed E-state index contributed by atoms with van der Waals surface area (Å²) in [5.41, 5.74) is 1.04. The number of ether oxygens (including phenoxy) is 1. The molecule has 0 fully saturated rings. The highest BCUT2D eigenvalue weighted by Crippen LogP contribution is 2.26. The molecule has 0 aliphatic carbocycles. The van der Waals surface area contributed by atoms with Crippen LogP contribution in [-0.4, -0.2) is 10.5 Å².